The highest BCUT2D eigenvalue weighted by Crippen LogP contribution is 2.17. The van der Waals surface area contributed by atoms with Crippen LogP contribution in [0.2, 0.25) is 0 Å². The number of nitrogens with zero attached hydrogens (tertiary/aromatic N) is 1. The molecule has 0 heterocycles. The number of hydrogen-bond donors (Lipinski definition) is 2. The van der Waals surface area contributed by atoms with Crippen LogP contribution >= 0.6 is 0 Å². The molecule has 1 atom stereocenters. The Morgan fingerprint density at radius 3 is 2.62 bits per heavy atom. The predicted octanol–water partition coefficient (Wildman–Crippen LogP) is 0.714. The van der Waals surface area contributed by atoms with Crippen molar-refractivity contribution >= 4 is 5.91 Å². The van der Waals surface area contributed by atoms with Crippen molar-refractivity contribution in [3.63, 3.8) is 0 Å². The molecule has 1 saturated carbocycles. The topological polar surface area (TPSA) is 58.4 Å². The molecule has 0 spiro atoms. The van der Waals surface area contributed by atoms with Crippen LogP contribution in [0, 0.1) is 0 Å². The normalized spacial score (nSPS) is 19.8. The molecule has 3 N–H and O–H groups in total. The highest BCUT2D eigenvalue weighted by molar-refractivity contribution is 5.78. The maximum atomic E-state index is 11.7. The number of nitrogens with one attached hydrogen (secondary N) is 1. The summed E-state index contributed by atoms with van der Waals surface area (Å²) >= 11 is 0. The van der Waals surface area contributed by atoms with Crippen LogP contribution in [0.4, 0.5) is 0 Å². The van der Waals surface area contributed by atoms with Gasteiger partial charge in [-0.1, -0.05) is 19.3 Å². The summed E-state index contributed by atoms with van der Waals surface area (Å²) in [6, 6.07) is 0.667. The summed E-state index contributed by atoms with van der Waals surface area (Å²) in [6.45, 7) is 3.08. The summed E-state index contributed by atoms with van der Waals surface area (Å²) in [5.74, 6) is 0.134. The first-order valence-corrected chi connectivity index (χ1v) is 6.33. The van der Waals surface area contributed by atoms with Gasteiger partial charge in [0.25, 0.3) is 0 Å². The molecule has 0 saturated heterocycles. The molecule has 16 heavy (non-hydrogen) atoms. The van der Waals surface area contributed by atoms with Gasteiger partial charge in [-0.2, -0.15) is 0 Å². The standard InChI is InChI=1S/C12H25N3O/c1-10(8-13)15(2)9-12(16)14-11-6-4-3-5-7-11/h10-11H,3-9,13H2,1-2H3,(H,14,16). The van der Waals surface area contributed by atoms with Gasteiger partial charge in [0.1, 0.15) is 0 Å². The molecule has 1 aliphatic rings. The number of carbonyl (C=O) groups is 1. The highest BCUT2D eigenvalue weighted by atomic mass is 16.2. The van der Waals surface area contributed by atoms with Crippen molar-refractivity contribution in [1.29, 1.82) is 0 Å². The summed E-state index contributed by atoms with van der Waals surface area (Å²) in [4.78, 5) is 13.7. The number of amides is 1. The third kappa shape index (κ3) is 4.49. The molecule has 0 aromatic rings. The Labute approximate surface area is 98.6 Å². The lowest BCUT2D eigenvalue weighted by Gasteiger charge is -2.26. The van der Waals surface area contributed by atoms with Crippen LogP contribution in [-0.4, -0.2) is 43.0 Å². The van der Waals surface area contributed by atoms with Crippen LogP contribution in [0.5, 0.6) is 0 Å². The maximum Gasteiger partial charge on any atom is 0.234 e. The predicted molar refractivity (Wildman–Crippen MR) is 66.2 cm³/mol. The van der Waals surface area contributed by atoms with Gasteiger partial charge in [-0.25, -0.2) is 0 Å². The van der Waals surface area contributed by atoms with E-state index in [0.717, 1.165) is 12.8 Å². The van der Waals surface area contributed by atoms with Gasteiger partial charge in [0.2, 0.25) is 5.91 Å². The van der Waals surface area contributed by atoms with Gasteiger partial charge in [0.05, 0.1) is 6.54 Å². The second kappa shape index (κ2) is 6.86. The van der Waals surface area contributed by atoms with Crippen molar-refractivity contribution in [2.75, 3.05) is 20.1 Å². The minimum absolute atomic E-state index is 0.134. The average molecular weight is 227 g/mol. The van der Waals surface area contributed by atoms with Crippen LogP contribution in [0.3, 0.4) is 0 Å². The van der Waals surface area contributed by atoms with Crippen molar-refractivity contribution in [3.05, 3.63) is 0 Å². The Morgan fingerprint density at radius 1 is 1.44 bits per heavy atom. The third-order valence-electron chi connectivity index (χ3n) is 3.46. The molecule has 1 amide bonds. The van der Waals surface area contributed by atoms with Crippen molar-refractivity contribution in [3.8, 4) is 0 Å². The zero-order valence-electron chi connectivity index (χ0n) is 10.5. The number of hydrogen-bond acceptors (Lipinski definition) is 3. The number of likely N-dealkylation sites (N-methyl/N-ethyl adjacent to an activating group) is 1. The first-order valence-electron chi connectivity index (χ1n) is 6.33. The molecule has 1 fully saturated rings. The number of nitrogens with two attached hydrogens (primary N) is 1. The van der Waals surface area contributed by atoms with Gasteiger partial charge < -0.3 is 11.1 Å². The molecule has 1 rings (SSSR count). The minimum Gasteiger partial charge on any atom is -0.352 e. The summed E-state index contributed by atoms with van der Waals surface area (Å²) in [5, 5.41) is 3.11. The molecular formula is C12H25N3O. The second-order valence-electron chi connectivity index (χ2n) is 4.90. The molecular weight excluding hydrogens is 202 g/mol. The highest BCUT2D eigenvalue weighted by Gasteiger charge is 2.17. The minimum atomic E-state index is 0.134. The number of rotatable bonds is 5. The fraction of sp³-hybridized carbons (Fsp3) is 0.917. The summed E-state index contributed by atoms with van der Waals surface area (Å²) in [5.41, 5.74) is 5.56. The second-order valence-corrected chi connectivity index (χ2v) is 4.90. The summed E-state index contributed by atoms with van der Waals surface area (Å²) in [7, 11) is 1.94. The molecule has 0 aliphatic heterocycles. The van der Waals surface area contributed by atoms with Crippen LogP contribution in [0.25, 0.3) is 0 Å². The fourth-order valence-electron chi connectivity index (χ4n) is 2.08. The van der Waals surface area contributed by atoms with Gasteiger partial charge in [0.15, 0.2) is 0 Å². The van der Waals surface area contributed by atoms with Crippen molar-refractivity contribution in [2.24, 2.45) is 5.73 Å². The lowest BCUT2D eigenvalue weighted by molar-refractivity contribution is -0.123. The van der Waals surface area contributed by atoms with E-state index in [0.29, 0.717) is 19.1 Å². The fourth-order valence-corrected chi connectivity index (χ4v) is 2.08. The quantitative estimate of drug-likeness (QED) is 0.727. The van der Waals surface area contributed by atoms with Gasteiger partial charge >= 0.3 is 0 Å². The van der Waals surface area contributed by atoms with Gasteiger partial charge in [0, 0.05) is 18.6 Å². The maximum absolute atomic E-state index is 11.7. The Balaban J connectivity index is 2.23. The molecule has 4 heteroatoms. The van der Waals surface area contributed by atoms with E-state index in [1.807, 2.05) is 18.9 Å². The van der Waals surface area contributed by atoms with Gasteiger partial charge in [-0.15, -0.1) is 0 Å². The van der Waals surface area contributed by atoms with E-state index in [1.165, 1.54) is 19.3 Å². The zero-order valence-corrected chi connectivity index (χ0v) is 10.5. The molecule has 0 bridgehead atoms. The SMILES string of the molecule is CC(CN)N(C)CC(=O)NC1CCCCC1. The first kappa shape index (κ1) is 13.5. The molecule has 1 unspecified atom stereocenters. The lowest BCUT2D eigenvalue weighted by Crippen LogP contribution is -2.45. The lowest BCUT2D eigenvalue weighted by atomic mass is 9.95. The van der Waals surface area contributed by atoms with Crippen molar-refractivity contribution in [2.45, 2.75) is 51.1 Å². The Hall–Kier alpha value is -0.610. The third-order valence-corrected chi connectivity index (χ3v) is 3.46. The van der Waals surface area contributed by atoms with Gasteiger partial charge in [-0.3, -0.25) is 9.69 Å². The monoisotopic (exact) mass is 227 g/mol. The van der Waals surface area contributed by atoms with Crippen molar-refractivity contribution in [1.82, 2.24) is 10.2 Å². The van der Waals surface area contributed by atoms with Crippen LogP contribution < -0.4 is 11.1 Å². The van der Waals surface area contributed by atoms with E-state index in [2.05, 4.69) is 5.32 Å². The Kier molecular flexibility index (Phi) is 5.77. The summed E-state index contributed by atoms with van der Waals surface area (Å²) < 4.78 is 0. The Bertz CT molecular complexity index is 208. The molecule has 4 nitrogen and oxygen atoms in total. The van der Waals surface area contributed by atoms with E-state index >= 15 is 0 Å². The van der Waals surface area contributed by atoms with E-state index in [1.54, 1.807) is 0 Å². The van der Waals surface area contributed by atoms with E-state index in [9.17, 15) is 4.79 Å². The van der Waals surface area contributed by atoms with Crippen LogP contribution in [0.1, 0.15) is 39.0 Å². The van der Waals surface area contributed by atoms with Crippen molar-refractivity contribution < 1.29 is 4.79 Å². The molecule has 0 aromatic carbocycles. The zero-order chi connectivity index (χ0) is 12.0. The van der Waals surface area contributed by atoms with E-state index < -0.39 is 0 Å². The largest absolute Gasteiger partial charge is 0.352 e. The summed E-state index contributed by atoms with van der Waals surface area (Å²) in [6.07, 6.45) is 6.10. The molecule has 0 aromatic heterocycles. The van der Waals surface area contributed by atoms with Crippen LogP contribution in [0.15, 0.2) is 0 Å². The van der Waals surface area contributed by atoms with Gasteiger partial charge in [-0.05, 0) is 26.8 Å². The van der Waals surface area contributed by atoms with E-state index in [4.69, 9.17) is 5.73 Å². The van der Waals surface area contributed by atoms with Crippen LogP contribution in [-0.2, 0) is 4.79 Å². The first-order chi connectivity index (χ1) is 7.63. The molecule has 94 valence electrons. The molecule has 0 radical (unpaired) electrons. The number of carbonyl (C=O) groups excluding carboxylic acids is 1. The molecule has 1 aliphatic carbocycles. The van der Waals surface area contributed by atoms with E-state index in [-0.39, 0.29) is 11.9 Å². The average Bonchev–Trinajstić information content (AvgIpc) is 2.29. The Morgan fingerprint density at radius 2 is 2.06 bits per heavy atom. The smallest absolute Gasteiger partial charge is 0.234 e.